The summed E-state index contributed by atoms with van der Waals surface area (Å²) >= 11 is 0. The highest BCUT2D eigenvalue weighted by molar-refractivity contribution is 4.82. The molecule has 0 aromatic carbocycles. The smallest absolute Gasteiger partial charge is 0.294 e. The van der Waals surface area contributed by atoms with Crippen LogP contribution in [0.5, 0.6) is 0 Å². The fourth-order valence-corrected chi connectivity index (χ4v) is 0.172. The molecule has 0 amide bonds. The zero-order chi connectivity index (χ0) is 6.41. The minimum absolute atomic E-state index is 0.0174. The Hall–Kier alpha value is -1.06. The van der Waals surface area contributed by atoms with Gasteiger partial charge in [0.1, 0.15) is 6.61 Å². The average Bonchev–Trinajstić information content (AvgIpc) is 1.66. The van der Waals surface area contributed by atoms with Gasteiger partial charge in [0.05, 0.1) is 0 Å². The van der Waals surface area contributed by atoms with Crippen LogP contribution >= 0.6 is 0 Å². The Morgan fingerprint density at radius 1 is 1.88 bits per heavy atom. The van der Waals surface area contributed by atoms with Crippen molar-refractivity contribution in [1.82, 2.24) is 0 Å². The Kier molecular flexibility index (Phi) is 3.56. The lowest BCUT2D eigenvalue weighted by molar-refractivity contribution is -0.755. The molecular weight excluding hydrogens is 110 g/mol. The first kappa shape index (κ1) is 6.94. The van der Waals surface area contributed by atoms with Gasteiger partial charge in [-0.05, 0) is 6.92 Å². The van der Waals surface area contributed by atoms with Gasteiger partial charge in [0.2, 0.25) is 0 Å². The van der Waals surface area contributed by atoms with Gasteiger partial charge in [0, 0.05) is 0 Å². The summed E-state index contributed by atoms with van der Waals surface area (Å²) in [6.45, 7) is 3.28. The van der Waals surface area contributed by atoms with Crippen LogP contribution in [0.1, 0.15) is 0 Å². The van der Waals surface area contributed by atoms with Crippen molar-refractivity contribution in [3.05, 3.63) is 29.2 Å². The zero-order valence-corrected chi connectivity index (χ0v) is 4.24. The van der Waals surface area contributed by atoms with Gasteiger partial charge in [-0.15, -0.1) is 10.1 Å². The van der Waals surface area contributed by atoms with Crippen LogP contribution in [0, 0.1) is 17.0 Å². The second kappa shape index (κ2) is 4.11. The number of hydrogen-bond acceptors (Lipinski definition) is 3. The van der Waals surface area contributed by atoms with Crippen LogP contribution in [-0.2, 0) is 4.84 Å². The highest BCUT2D eigenvalue weighted by atomic mass is 16.9. The molecule has 0 aromatic rings. The summed E-state index contributed by atoms with van der Waals surface area (Å²) in [6, 6.07) is 0. The average molecular weight is 116 g/mol. The van der Waals surface area contributed by atoms with E-state index in [1.54, 1.807) is 0 Å². The molecule has 4 heteroatoms. The van der Waals surface area contributed by atoms with Crippen LogP contribution in [0.3, 0.4) is 0 Å². The molecule has 0 aliphatic heterocycles. The summed E-state index contributed by atoms with van der Waals surface area (Å²) in [7, 11) is 0. The van der Waals surface area contributed by atoms with E-state index in [1.165, 1.54) is 12.2 Å². The van der Waals surface area contributed by atoms with Crippen LogP contribution in [0.2, 0.25) is 0 Å². The van der Waals surface area contributed by atoms with Crippen molar-refractivity contribution < 1.29 is 9.92 Å². The molecule has 0 rings (SSSR count). The lowest BCUT2D eigenvalue weighted by Gasteiger charge is -1.86. The summed E-state index contributed by atoms with van der Waals surface area (Å²) in [5, 5.41) is 8.56. The van der Waals surface area contributed by atoms with E-state index in [0.29, 0.717) is 0 Å². The lowest BCUT2D eigenvalue weighted by Crippen LogP contribution is -1.98. The molecule has 0 aromatic heterocycles. The summed E-state index contributed by atoms with van der Waals surface area (Å²) in [5.74, 6) is 0. The maximum atomic E-state index is 9.40. The SMILES string of the molecule is [CH2]/C=C/CO[N+](=O)[O-]. The van der Waals surface area contributed by atoms with Crippen molar-refractivity contribution in [3.63, 3.8) is 0 Å². The third-order valence-corrected chi connectivity index (χ3v) is 0.443. The van der Waals surface area contributed by atoms with E-state index in [-0.39, 0.29) is 6.61 Å². The number of nitrogens with zero attached hydrogens (tertiary/aromatic N) is 1. The first-order chi connectivity index (χ1) is 3.77. The summed E-state index contributed by atoms with van der Waals surface area (Å²) in [6.07, 6.45) is 2.88. The summed E-state index contributed by atoms with van der Waals surface area (Å²) < 4.78 is 0. The molecule has 0 unspecified atom stereocenters. The van der Waals surface area contributed by atoms with Gasteiger partial charge in [-0.25, -0.2) is 0 Å². The first-order valence-corrected chi connectivity index (χ1v) is 1.99. The molecule has 8 heavy (non-hydrogen) atoms. The third-order valence-electron chi connectivity index (χ3n) is 0.443. The summed E-state index contributed by atoms with van der Waals surface area (Å²) in [5.41, 5.74) is 0. The molecule has 0 fully saturated rings. The highest BCUT2D eigenvalue weighted by Gasteiger charge is 1.86. The Morgan fingerprint density at radius 2 is 2.50 bits per heavy atom. The van der Waals surface area contributed by atoms with Crippen LogP contribution in [0.4, 0.5) is 0 Å². The van der Waals surface area contributed by atoms with Gasteiger partial charge in [0.15, 0.2) is 0 Å². The zero-order valence-electron chi connectivity index (χ0n) is 4.24. The van der Waals surface area contributed by atoms with Gasteiger partial charge >= 0.3 is 0 Å². The minimum Gasteiger partial charge on any atom is -0.310 e. The molecular formula is C4H6NO3. The third kappa shape index (κ3) is 4.94. The van der Waals surface area contributed by atoms with E-state index in [1.807, 2.05) is 0 Å². The monoisotopic (exact) mass is 116 g/mol. The van der Waals surface area contributed by atoms with Gasteiger partial charge in [-0.2, -0.15) is 0 Å². The van der Waals surface area contributed by atoms with Crippen molar-refractivity contribution in [1.29, 1.82) is 0 Å². The van der Waals surface area contributed by atoms with Gasteiger partial charge in [-0.3, -0.25) is 0 Å². The van der Waals surface area contributed by atoms with E-state index in [2.05, 4.69) is 11.8 Å². The fraction of sp³-hybridized carbons (Fsp3) is 0.250. The van der Waals surface area contributed by atoms with Crippen LogP contribution in [-0.4, -0.2) is 11.7 Å². The molecule has 4 nitrogen and oxygen atoms in total. The first-order valence-electron chi connectivity index (χ1n) is 1.99. The molecule has 0 saturated heterocycles. The molecule has 0 bridgehead atoms. The van der Waals surface area contributed by atoms with E-state index in [4.69, 9.17) is 0 Å². The molecule has 0 N–H and O–H groups in total. The van der Waals surface area contributed by atoms with E-state index < -0.39 is 5.09 Å². The van der Waals surface area contributed by atoms with Gasteiger partial charge < -0.3 is 4.84 Å². The largest absolute Gasteiger partial charge is 0.310 e. The molecule has 45 valence electrons. The Bertz CT molecular complexity index is 99.5. The second-order valence-electron chi connectivity index (χ2n) is 0.991. The van der Waals surface area contributed by atoms with Crippen molar-refractivity contribution in [2.75, 3.05) is 6.61 Å². The second-order valence-corrected chi connectivity index (χ2v) is 0.991. The van der Waals surface area contributed by atoms with E-state index in [0.717, 1.165) is 0 Å². The maximum Gasteiger partial charge on any atom is 0.294 e. The van der Waals surface area contributed by atoms with E-state index in [9.17, 15) is 10.1 Å². The fourth-order valence-electron chi connectivity index (χ4n) is 0.172. The normalized spacial score (nSPS) is 9.62. The van der Waals surface area contributed by atoms with E-state index >= 15 is 0 Å². The molecule has 0 atom stereocenters. The van der Waals surface area contributed by atoms with Crippen LogP contribution in [0.15, 0.2) is 12.2 Å². The van der Waals surface area contributed by atoms with Crippen molar-refractivity contribution in [3.8, 4) is 0 Å². The van der Waals surface area contributed by atoms with Gasteiger partial charge in [0.25, 0.3) is 5.09 Å². The molecule has 0 aliphatic rings. The standard InChI is InChI=1S/C4H6NO3/c1-2-3-4-8-5(6)7/h2-3H,1,4H2/b3-2+. The number of allylic oxidation sites excluding steroid dienone is 1. The van der Waals surface area contributed by atoms with Crippen LogP contribution < -0.4 is 0 Å². The molecule has 0 spiro atoms. The van der Waals surface area contributed by atoms with Crippen molar-refractivity contribution in [2.24, 2.45) is 0 Å². The van der Waals surface area contributed by atoms with Gasteiger partial charge in [-0.1, -0.05) is 12.2 Å². The number of hydrogen-bond donors (Lipinski definition) is 0. The Balaban J connectivity index is 3.05. The molecule has 0 aliphatic carbocycles. The van der Waals surface area contributed by atoms with Crippen molar-refractivity contribution >= 4 is 0 Å². The van der Waals surface area contributed by atoms with Crippen LogP contribution in [0.25, 0.3) is 0 Å². The topological polar surface area (TPSA) is 52.4 Å². The van der Waals surface area contributed by atoms with Crippen molar-refractivity contribution in [2.45, 2.75) is 0 Å². The number of rotatable bonds is 3. The lowest BCUT2D eigenvalue weighted by atomic mass is 10.6. The predicted molar refractivity (Wildman–Crippen MR) is 27.4 cm³/mol. The minimum atomic E-state index is -0.847. The molecule has 0 heterocycles. The Labute approximate surface area is 46.9 Å². The molecule has 0 saturated carbocycles. The molecule has 1 radical (unpaired) electrons. The quantitative estimate of drug-likeness (QED) is 0.400. The Morgan fingerprint density at radius 3 is 2.88 bits per heavy atom. The predicted octanol–water partition coefficient (Wildman–Crippen LogP) is 0.585. The maximum absolute atomic E-state index is 9.40. The highest BCUT2D eigenvalue weighted by Crippen LogP contribution is 1.75. The summed E-state index contributed by atoms with van der Waals surface area (Å²) in [4.78, 5) is 13.3.